The highest BCUT2D eigenvalue weighted by Gasteiger charge is 2.11. The number of aliphatic hydroxyl groups is 1. The Bertz CT molecular complexity index is 323. The number of ether oxygens (including phenoxy) is 1. The van der Waals surface area contributed by atoms with Gasteiger partial charge in [-0.25, -0.2) is 0 Å². The Labute approximate surface area is 91.5 Å². The number of phenols is 1. The molecule has 0 aliphatic carbocycles. The molecule has 0 heterocycles. The van der Waals surface area contributed by atoms with Gasteiger partial charge in [0.2, 0.25) is 0 Å². The molecule has 0 bridgehead atoms. The van der Waals surface area contributed by atoms with E-state index in [1.807, 2.05) is 6.07 Å². The lowest BCUT2D eigenvalue weighted by Crippen LogP contribution is -2.04. The van der Waals surface area contributed by atoms with Crippen molar-refractivity contribution in [3.05, 3.63) is 22.2 Å². The normalized spacial score (nSPS) is 12.6. The standard InChI is InChI=1S/C10H13BrO3/c1-6(12)5-7-3-4-8(14-2)10(13)9(7)11/h3-4,6,12-13H,5H2,1-2H3. The Morgan fingerprint density at radius 1 is 1.50 bits per heavy atom. The predicted molar refractivity (Wildman–Crippen MR) is 57.7 cm³/mol. The second-order valence-corrected chi connectivity index (χ2v) is 3.94. The van der Waals surface area contributed by atoms with Crippen molar-refractivity contribution in [1.29, 1.82) is 0 Å². The maximum atomic E-state index is 9.64. The molecule has 1 aromatic rings. The summed E-state index contributed by atoms with van der Waals surface area (Å²) in [5.74, 6) is 0.497. The van der Waals surface area contributed by atoms with Crippen LogP contribution in [0, 0.1) is 0 Å². The van der Waals surface area contributed by atoms with Crippen LogP contribution < -0.4 is 4.74 Å². The highest BCUT2D eigenvalue weighted by molar-refractivity contribution is 9.10. The fourth-order valence-electron chi connectivity index (χ4n) is 1.23. The molecule has 0 radical (unpaired) electrons. The average molecular weight is 261 g/mol. The predicted octanol–water partition coefficient (Wildman–Crippen LogP) is 2.09. The van der Waals surface area contributed by atoms with Crippen molar-refractivity contribution in [2.24, 2.45) is 0 Å². The molecule has 1 atom stereocenters. The zero-order valence-electron chi connectivity index (χ0n) is 8.12. The second-order valence-electron chi connectivity index (χ2n) is 3.14. The number of methoxy groups -OCH3 is 1. The van der Waals surface area contributed by atoms with E-state index in [0.717, 1.165) is 5.56 Å². The molecular weight excluding hydrogens is 248 g/mol. The Morgan fingerprint density at radius 2 is 2.14 bits per heavy atom. The van der Waals surface area contributed by atoms with Crippen LogP contribution in [0.4, 0.5) is 0 Å². The average Bonchev–Trinajstić information content (AvgIpc) is 2.13. The van der Waals surface area contributed by atoms with Crippen molar-refractivity contribution in [2.45, 2.75) is 19.4 Å². The maximum absolute atomic E-state index is 9.64. The van der Waals surface area contributed by atoms with Crippen molar-refractivity contribution in [3.63, 3.8) is 0 Å². The first kappa shape index (κ1) is 11.3. The Hall–Kier alpha value is -0.740. The molecule has 0 fully saturated rings. The smallest absolute Gasteiger partial charge is 0.172 e. The molecule has 0 saturated heterocycles. The van der Waals surface area contributed by atoms with E-state index in [1.54, 1.807) is 13.0 Å². The Kier molecular flexibility index (Phi) is 3.77. The van der Waals surface area contributed by atoms with Gasteiger partial charge in [0.15, 0.2) is 11.5 Å². The third-order valence-electron chi connectivity index (χ3n) is 1.89. The quantitative estimate of drug-likeness (QED) is 0.875. The molecule has 0 aliphatic rings. The van der Waals surface area contributed by atoms with Gasteiger partial charge in [-0.2, -0.15) is 0 Å². The zero-order chi connectivity index (χ0) is 10.7. The summed E-state index contributed by atoms with van der Waals surface area (Å²) in [5.41, 5.74) is 0.860. The lowest BCUT2D eigenvalue weighted by Gasteiger charge is -2.10. The van der Waals surface area contributed by atoms with E-state index in [4.69, 9.17) is 4.74 Å². The van der Waals surface area contributed by atoms with E-state index in [1.165, 1.54) is 7.11 Å². The van der Waals surface area contributed by atoms with Gasteiger partial charge in [0.1, 0.15) is 0 Å². The number of hydrogen-bond donors (Lipinski definition) is 2. The zero-order valence-corrected chi connectivity index (χ0v) is 9.71. The van der Waals surface area contributed by atoms with Gasteiger partial charge in [-0.3, -0.25) is 0 Å². The molecule has 0 aliphatic heterocycles. The van der Waals surface area contributed by atoms with Crippen molar-refractivity contribution >= 4 is 15.9 Å². The summed E-state index contributed by atoms with van der Waals surface area (Å²) in [4.78, 5) is 0. The van der Waals surface area contributed by atoms with Crippen LogP contribution in [0.5, 0.6) is 11.5 Å². The molecule has 1 rings (SSSR count). The molecule has 78 valence electrons. The van der Waals surface area contributed by atoms with Gasteiger partial charge in [-0.1, -0.05) is 6.07 Å². The topological polar surface area (TPSA) is 49.7 Å². The number of aromatic hydroxyl groups is 1. The number of halogens is 1. The van der Waals surface area contributed by atoms with Gasteiger partial charge < -0.3 is 14.9 Å². The third kappa shape index (κ3) is 2.39. The highest BCUT2D eigenvalue weighted by Crippen LogP contribution is 2.36. The van der Waals surface area contributed by atoms with Crippen LogP contribution in [0.1, 0.15) is 12.5 Å². The van der Waals surface area contributed by atoms with E-state index in [-0.39, 0.29) is 5.75 Å². The molecule has 0 amide bonds. The number of aliphatic hydroxyl groups excluding tert-OH is 1. The lowest BCUT2D eigenvalue weighted by molar-refractivity contribution is 0.195. The summed E-state index contributed by atoms with van der Waals surface area (Å²) < 4.78 is 5.52. The van der Waals surface area contributed by atoms with Crippen molar-refractivity contribution < 1.29 is 14.9 Å². The first-order valence-electron chi connectivity index (χ1n) is 4.28. The summed E-state index contributed by atoms with van der Waals surface area (Å²) in [6.07, 6.45) is 0.0668. The summed E-state index contributed by atoms with van der Waals surface area (Å²) in [6.45, 7) is 1.70. The molecule has 0 saturated carbocycles. The van der Waals surface area contributed by atoms with E-state index in [2.05, 4.69) is 15.9 Å². The first-order valence-corrected chi connectivity index (χ1v) is 5.08. The van der Waals surface area contributed by atoms with E-state index in [0.29, 0.717) is 16.6 Å². The molecule has 1 unspecified atom stereocenters. The fraction of sp³-hybridized carbons (Fsp3) is 0.400. The van der Waals surface area contributed by atoms with Crippen molar-refractivity contribution in [1.82, 2.24) is 0 Å². The van der Waals surface area contributed by atoms with Crippen LogP contribution in [0.3, 0.4) is 0 Å². The summed E-state index contributed by atoms with van der Waals surface area (Å²) in [6, 6.07) is 3.49. The summed E-state index contributed by atoms with van der Waals surface area (Å²) >= 11 is 3.26. The molecular formula is C10H13BrO3. The van der Waals surface area contributed by atoms with Gasteiger partial charge in [0, 0.05) is 0 Å². The second kappa shape index (κ2) is 4.66. The van der Waals surface area contributed by atoms with Crippen LogP contribution in [0.15, 0.2) is 16.6 Å². The number of benzene rings is 1. The van der Waals surface area contributed by atoms with Gasteiger partial charge >= 0.3 is 0 Å². The summed E-state index contributed by atoms with van der Waals surface area (Å²) in [7, 11) is 1.50. The third-order valence-corrected chi connectivity index (χ3v) is 2.78. The van der Waals surface area contributed by atoms with Gasteiger partial charge in [0.05, 0.1) is 17.7 Å². The van der Waals surface area contributed by atoms with Crippen LogP contribution >= 0.6 is 15.9 Å². The van der Waals surface area contributed by atoms with Gasteiger partial charge in [0.25, 0.3) is 0 Å². The van der Waals surface area contributed by atoms with E-state index in [9.17, 15) is 10.2 Å². The highest BCUT2D eigenvalue weighted by atomic mass is 79.9. The van der Waals surface area contributed by atoms with Crippen molar-refractivity contribution in [3.8, 4) is 11.5 Å². The molecule has 0 spiro atoms. The maximum Gasteiger partial charge on any atom is 0.172 e. The summed E-state index contributed by atoms with van der Waals surface area (Å²) in [5, 5.41) is 18.9. The number of phenolic OH excluding ortho intramolecular Hbond substituents is 1. The molecule has 14 heavy (non-hydrogen) atoms. The minimum absolute atomic E-state index is 0.0747. The SMILES string of the molecule is COc1ccc(CC(C)O)c(Br)c1O. The number of hydrogen-bond acceptors (Lipinski definition) is 3. The Morgan fingerprint density at radius 3 is 2.64 bits per heavy atom. The minimum Gasteiger partial charge on any atom is -0.503 e. The minimum atomic E-state index is -0.431. The van der Waals surface area contributed by atoms with Crippen LogP contribution in [-0.2, 0) is 6.42 Å². The molecule has 2 N–H and O–H groups in total. The number of rotatable bonds is 3. The van der Waals surface area contributed by atoms with Gasteiger partial charge in [-0.15, -0.1) is 0 Å². The molecule has 3 nitrogen and oxygen atoms in total. The molecule has 1 aromatic carbocycles. The van der Waals surface area contributed by atoms with Crippen LogP contribution in [0.25, 0.3) is 0 Å². The first-order chi connectivity index (χ1) is 6.56. The molecule has 4 heteroatoms. The van der Waals surface area contributed by atoms with Crippen LogP contribution in [0.2, 0.25) is 0 Å². The monoisotopic (exact) mass is 260 g/mol. The largest absolute Gasteiger partial charge is 0.503 e. The van der Waals surface area contributed by atoms with Crippen LogP contribution in [-0.4, -0.2) is 23.4 Å². The van der Waals surface area contributed by atoms with Crippen molar-refractivity contribution in [2.75, 3.05) is 7.11 Å². The van der Waals surface area contributed by atoms with E-state index < -0.39 is 6.10 Å². The lowest BCUT2D eigenvalue weighted by atomic mass is 10.1. The fourth-order valence-corrected chi connectivity index (χ4v) is 1.72. The molecule has 0 aromatic heterocycles. The van der Waals surface area contributed by atoms with E-state index >= 15 is 0 Å². The Balaban J connectivity index is 3.04. The van der Waals surface area contributed by atoms with Gasteiger partial charge in [-0.05, 0) is 40.9 Å².